The lowest BCUT2D eigenvalue weighted by Gasteiger charge is -2.15. The van der Waals surface area contributed by atoms with E-state index in [1.165, 1.54) is 4.90 Å². The molecule has 1 saturated heterocycles. The van der Waals surface area contributed by atoms with Crippen molar-refractivity contribution in [2.45, 2.75) is 6.42 Å². The number of carbonyl (C=O) groups excluding carboxylic acids is 2. The maximum Gasteiger partial charge on any atom is 0.233 e. The lowest BCUT2D eigenvalue weighted by Crippen LogP contribution is -2.34. The maximum atomic E-state index is 12.0. The summed E-state index contributed by atoms with van der Waals surface area (Å²) >= 11 is 5.60. The van der Waals surface area contributed by atoms with E-state index in [2.05, 4.69) is 12.2 Å². The minimum Gasteiger partial charge on any atom is -0.281 e. The van der Waals surface area contributed by atoms with E-state index in [0.29, 0.717) is 24.3 Å². The number of carbonyl (C=O) groups is 2. The molecule has 1 heterocycles. The van der Waals surface area contributed by atoms with Gasteiger partial charge in [0.25, 0.3) is 0 Å². The molecule has 0 aromatic carbocycles. The minimum atomic E-state index is -0.0734. The summed E-state index contributed by atoms with van der Waals surface area (Å²) in [4.78, 5) is 25.3. The second-order valence-corrected chi connectivity index (χ2v) is 4.89. The zero-order chi connectivity index (χ0) is 10.6. The first-order chi connectivity index (χ1) is 7.24. The molecule has 1 aliphatic heterocycles. The van der Waals surface area contributed by atoms with Gasteiger partial charge in [0.2, 0.25) is 11.8 Å². The van der Waals surface area contributed by atoms with Gasteiger partial charge in [-0.15, -0.1) is 11.6 Å². The number of halogens is 1. The third-order valence-electron chi connectivity index (χ3n) is 3.87. The first-order valence-electron chi connectivity index (χ1n) is 5.33. The van der Waals surface area contributed by atoms with Crippen molar-refractivity contribution in [1.29, 1.82) is 0 Å². The molecule has 3 aliphatic rings. The Morgan fingerprint density at radius 3 is 2.20 bits per heavy atom. The predicted octanol–water partition coefficient (Wildman–Crippen LogP) is 1.03. The van der Waals surface area contributed by atoms with Crippen LogP contribution in [0.15, 0.2) is 12.2 Å². The Bertz CT molecular complexity index is 336. The molecular weight excluding hydrogens is 214 g/mol. The Labute approximate surface area is 93.1 Å². The number of imide groups is 1. The van der Waals surface area contributed by atoms with Crippen molar-refractivity contribution in [2.75, 3.05) is 12.4 Å². The van der Waals surface area contributed by atoms with E-state index in [9.17, 15) is 9.59 Å². The maximum absolute atomic E-state index is 12.0. The van der Waals surface area contributed by atoms with E-state index in [1.54, 1.807) is 0 Å². The van der Waals surface area contributed by atoms with Crippen molar-refractivity contribution in [3.8, 4) is 0 Å². The van der Waals surface area contributed by atoms with Gasteiger partial charge in [-0.1, -0.05) is 12.2 Å². The van der Waals surface area contributed by atoms with Crippen molar-refractivity contribution in [3.63, 3.8) is 0 Å². The highest BCUT2D eigenvalue weighted by Gasteiger charge is 2.58. The van der Waals surface area contributed by atoms with Crippen LogP contribution >= 0.6 is 11.6 Å². The van der Waals surface area contributed by atoms with E-state index in [0.717, 1.165) is 6.42 Å². The molecule has 0 unspecified atom stereocenters. The van der Waals surface area contributed by atoms with E-state index in [1.807, 2.05) is 0 Å². The molecule has 0 N–H and O–H groups in total. The van der Waals surface area contributed by atoms with Crippen molar-refractivity contribution in [1.82, 2.24) is 4.90 Å². The van der Waals surface area contributed by atoms with Gasteiger partial charge >= 0.3 is 0 Å². The van der Waals surface area contributed by atoms with Crippen LogP contribution in [0.4, 0.5) is 0 Å². The van der Waals surface area contributed by atoms with Crippen molar-refractivity contribution >= 4 is 23.4 Å². The molecule has 0 radical (unpaired) electrons. The number of likely N-dealkylation sites (tertiary alicyclic amines) is 1. The standard InChI is InChI=1S/C11H12ClNO2/c12-3-4-13-10(14)8-6-1-2-7(5-6)9(8)11(13)15/h1-2,6-9H,3-5H2/t6-,7-,8+,9+/m0/s1. The van der Waals surface area contributed by atoms with E-state index in [4.69, 9.17) is 11.6 Å². The summed E-state index contributed by atoms with van der Waals surface area (Å²) in [7, 11) is 0. The molecule has 2 amide bonds. The van der Waals surface area contributed by atoms with Gasteiger partial charge in [-0.25, -0.2) is 0 Å². The molecule has 4 atom stereocenters. The fourth-order valence-corrected chi connectivity index (χ4v) is 3.44. The van der Waals surface area contributed by atoms with Crippen molar-refractivity contribution in [2.24, 2.45) is 23.7 Å². The molecule has 1 saturated carbocycles. The van der Waals surface area contributed by atoms with E-state index >= 15 is 0 Å². The van der Waals surface area contributed by atoms with Gasteiger partial charge in [0.05, 0.1) is 11.8 Å². The number of fused-ring (bicyclic) bond motifs is 5. The summed E-state index contributed by atoms with van der Waals surface area (Å²) in [6, 6.07) is 0. The van der Waals surface area contributed by atoms with Gasteiger partial charge in [-0.2, -0.15) is 0 Å². The average molecular weight is 226 g/mol. The van der Waals surface area contributed by atoms with Gasteiger partial charge < -0.3 is 0 Å². The smallest absolute Gasteiger partial charge is 0.233 e. The van der Waals surface area contributed by atoms with E-state index in [-0.39, 0.29) is 23.7 Å². The molecule has 15 heavy (non-hydrogen) atoms. The first-order valence-corrected chi connectivity index (χ1v) is 5.87. The Kier molecular flexibility index (Phi) is 1.93. The summed E-state index contributed by atoms with van der Waals surface area (Å²) in [5.74, 6) is 0.796. The van der Waals surface area contributed by atoms with Gasteiger partial charge in [0.1, 0.15) is 0 Å². The number of amides is 2. The molecule has 4 heteroatoms. The third-order valence-corrected chi connectivity index (χ3v) is 4.04. The number of hydrogen-bond acceptors (Lipinski definition) is 2. The van der Waals surface area contributed by atoms with Crippen molar-refractivity contribution in [3.05, 3.63) is 12.2 Å². The number of rotatable bonds is 2. The zero-order valence-corrected chi connectivity index (χ0v) is 8.98. The van der Waals surface area contributed by atoms with Crippen LogP contribution in [0, 0.1) is 23.7 Å². The van der Waals surface area contributed by atoms with Crippen LogP contribution < -0.4 is 0 Å². The van der Waals surface area contributed by atoms with Crippen LogP contribution in [0.1, 0.15) is 6.42 Å². The van der Waals surface area contributed by atoms with Crippen LogP contribution in [-0.4, -0.2) is 29.1 Å². The fraction of sp³-hybridized carbons (Fsp3) is 0.636. The molecule has 0 aromatic heterocycles. The summed E-state index contributed by atoms with van der Waals surface area (Å²) in [6.45, 7) is 0.367. The average Bonchev–Trinajstić information content (AvgIpc) is 2.87. The van der Waals surface area contributed by atoms with Crippen LogP contribution in [0.5, 0.6) is 0 Å². The largest absolute Gasteiger partial charge is 0.281 e. The quantitative estimate of drug-likeness (QED) is 0.400. The second kappa shape index (κ2) is 3.08. The lowest BCUT2D eigenvalue weighted by molar-refractivity contribution is -0.140. The Balaban J connectivity index is 1.93. The molecule has 0 aromatic rings. The molecule has 3 nitrogen and oxygen atoms in total. The summed E-state index contributed by atoms with van der Waals surface area (Å²) in [6.07, 6.45) is 5.18. The molecule has 2 fully saturated rings. The van der Waals surface area contributed by atoms with Crippen LogP contribution in [-0.2, 0) is 9.59 Å². The third kappa shape index (κ3) is 1.07. The van der Waals surface area contributed by atoms with Gasteiger partial charge in [-0.05, 0) is 18.3 Å². The normalized spacial score (nSPS) is 41.8. The number of allylic oxidation sites excluding steroid dienone is 2. The summed E-state index contributed by atoms with van der Waals surface area (Å²) in [5.41, 5.74) is 0. The fourth-order valence-electron chi connectivity index (χ4n) is 3.27. The topological polar surface area (TPSA) is 37.4 Å². The predicted molar refractivity (Wildman–Crippen MR) is 55.2 cm³/mol. The monoisotopic (exact) mass is 225 g/mol. The molecule has 2 bridgehead atoms. The first kappa shape index (κ1) is 9.40. The highest BCUT2D eigenvalue weighted by molar-refractivity contribution is 6.18. The molecule has 3 rings (SSSR count). The van der Waals surface area contributed by atoms with Gasteiger partial charge in [0, 0.05) is 12.4 Å². The van der Waals surface area contributed by atoms with Crippen LogP contribution in [0.25, 0.3) is 0 Å². The van der Waals surface area contributed by atoms with Gasteiger partial charge in [-0.3, -0.25) is 14.5 Å². The molecule has 2 aliphatic carbocycles. The van der Waals surface area contributed by atoms with Crippen molar-refractivity contribution < 1.29 is 9.59 Å². The summed E-state index contributed by atoms with van der Waals surface area (Å²) in [5, 5.41) is 0. The Morgan fingerprint density at radius 1 is 1.20 bits per heavy atom. The number of alkyl halides is 1. The van der Waals surface area contributed by atoms with E-state index < -0.39 is 0 Å². The second-order valence-electron chi connectivity index (χ2n) is 4.52. The summed E-state index contributed by atoms with van der Waals surface area (Å²) < 4.78 is 0. The Hall–Kier alpha value is -0.830. The number of hydrogen-bond donors (Lipinski definition) is 0. The van der Waals surface area contributed by atoms with Crippen LogP contribution in [0.2, 0.25) is 0 Å². The van der Waals surface area contributed by atoms with Gasteiger partial charge in [0.15, 0.2) is 0 Å². The highest BCUT2D eigenvalue weighted by atomic mass is 35.5. The molecular formula is C11H12ClNO2. The zero-order valence-electron chi connectivity index (χ0n) is 8.23. The lowest BCUT2D eigenvalue weighted by atomic mass is 9.85. The number of nitrogens with zero attached hydrogens (tertiary/aromatic N) is 1. The molecule has 80 valence electrons. The molecule has 0 spiro atoms. The highest BCUT2D eigenvalue weighted by Crippen LogP contribution is 2.52. The van der Waals surface area contributed by atoms with Crippen LogP contribution in [0.3, 0.4) is 0 Å². The Morgan fingerprint density at radius 2 is 1.73 bits per heavy atom. The SMILES string of the molecule is O=C1[C@H]2[C@H](C(=O)N1CCCl)[C@H]1C=C[C@H]2C1. The minimum absolute atomic E-state index is 0.00231.